The van der Waals surface area contributed by atoms with E-state index >= 15 is 0 Å². The van der Waals surface area contributed by atoms with E-state index < -0.39 is 16.0 Å². The zero-order valence-electron chi connectivity index (χ0n) is 15.4. The van der Waals surface area contributed by atoms with Crippen LogP contribution in [0.1, 0.15) is 30.9 Å². The first-order valence-corrected chi connectivity index (χ1v) is 10.2. The van der Waals surface area contributed by atoms with Crippen molar-refractivity contribution in [3.63, 3.8) is 0 Å². The van der Waals surface area contributed by atoms with E-state index in [1.54, 1.807) is 25.1 Å². The topological polar surface area (TPSA) is 95.0 Å². The minimum Gasteiger partial charge on any atom is -0.480 e. The van der Waals surface area contributed by atoms with Crippen LogP contribution in [0.15, 0.2) is 23.1 Å². The first kappa shape index (κ1) is 20.4. The van der Waals surface area contributed by atoms with Gasteiger partial charge in [-0.25, -0.2) is 8.42 Å². The van der Waals surface area contributed by atoms with Crippen molar-refractivity contribution in [1.29, 1.82) is 0 Å². The quantitative estimate of drug-likeness (QED) is 0.807. The molecular weight excluding hydrogens is 356 g/mol. The minimum absolute atomic E-state index is 0.210. The van der Waals surface area contributed by atoms with E-state index in [1.807, 2.05) is 13.8 Å². The van der Waals surface area contributed by atoms with E-state index in [-0.39, 0.29) is 36.4 Å². The third kappa shape index (κ3) is 4.42. The Morgan fingerprint density at radius 2 is 1.81 bits per heavy atom. The number of carboxylic acid groups (broad SMARTS) is 1. The lowest BCUT2D eigenvalue weighted by atomic mass is 9.96. The number of carboxylic acids is 1. The number of hydrogen-bond acceptors (Lipinski definition) is 4. The molecule has 1 N–H and O–H groups in total. The predicted molar refractivity (Wildman–Crippen MR) is 97.3 cm³/mol. The lowest BCUT2D eigenvalue weighted by Gasteiger charge is -2.33. The molecule has 0 saturated carbocycles. The van der Waals surface area contributed by atoms with Gasteiger partial charge in [0.2, 0.25) is 15.9 Å². The van der Waals surface area contributed by atoms with Gasteiger partial charge in [0.05, 0.1) is 4.90 Å². The molecule has 1 aromatic carbocycles. The van der Waals surface area contributed by atoms with Crippen LogP contribution in [0.5, 0.6) is 0 Å². The molecule has 1 saturated heterocycles. The SMILES string of the molecule is CCN(CC(=O)O)C(=O)C1CCN(S(=O)(=O)c2ccc(C)c(C)c2)CC1. The van der Waals surface area contributed by atoms with Crippen LogP contribution in [0, 0.1) is 19.8 Å². The maximum absolute atomic E-state index is 12.8. The summed E-state index contributed by atoms with van der Waals surface area (Å²) in [5.74, 6) is -1.59. The molecule has 1 aromatic rings. The molecule has 1 aliphatic rings. The van der Waals surface area contributed by atoms with Gasteiger partial charge in [-0.1, -0.05) is 6.07 Å². The Bertz CT molecular complexity index is 783. The van der Waals surface area contributed by atoms with Crippen LogP contribution in [0.3, 0.4) is 0 Å². The Morgan fingerprint density at radius 1 is 1.19 bits per heavy atom. The molecule has 1 aliphatic heterocycles. The molecule has 2 rings (SSSR count). The Hall–Kier alpha value is -1.93. The second-order valence-corrected chi connectivity index (χ2v) is 8.61. The van der Waals surface area contributed by atoms with Gasteiger partial charge < -0.3 is 10.0 Å². The van der Waals surface area contributed by atoms with E-state index in [4.69, 9.17) is 5.11 Å². The molecule has 1 heterocycles. The fraction of sp³-hybridized carbons (Fsp3) is 0.556. The second-order valence-electron chi connectivity index (χ2n) is 6.67. The Kier molecular flexibility index (Phi) is 6.41. The Morgan fingerprint density at radius 3 is 2.31 bits per heavy atom. The zero-order chi connectivity index (χ0) is 19.5. The van der Waals surface area contributed by atoms with Crippen molar-refractivity contribution in [2.45, 2.75) is 38.5 Å². The number of rotatable bonds is 6. The molecule has 0 aromatic heterocycles. The fourth-order valence-electron chi connectivity index (χ4n) is 3.13. The Labute approximate surface area is 154 Å². The van der Waals surface area contributed by atoms with Crippen LogP contribution < -0.4 is 0 Å². The number of sulfonamides is 1. The van der Waals surface area contributed by atoms with Crippen LogP contribution in [0.2, 0.25) is 0 Å². The molecule has 0 atom stereocenters. The highest BCUT2D eigenvalue weighted by atomic mass is 32.2. The number of amides is 1. The number of aryl methyl sites for hydroxylation is 2. The number of carbonyl (C=O) groups is 2. The number of nitrogens with zero attached hydrogens (tertiary/aromatic N) is 2. The third-order valence-corrected chi connectivity index (χ3v) is 6.83. The van der Waals surface area contributed by atoms with Gasteiger partial charge in [0.25, 0.3) is 0 Å². The van der Waals surface area contributed by atoms with E-state index in [1.165, 1.54) is 9.21 Å². The van der Waals surface area contributed by atoms with Crippen LogP contribution >= 0.6 is 0 Å². The highest BCUT2D eigenvalue weighted by Crippen LogP contribution is 2.26. The number of aliphatic carboxylic acids is 1. The molecule has 0 aliphatic carbocycles. The van der Waals surface area contributed by atoms with Crippen LogP contribution in [0.25, 0.3) is 0 Å². The van der Waals surface area contributed by atoms with Gasteiger partial charge in [-0.05, 0) is 56.9 Å². The second kappa shape index (κ2) is 8.18. The predicted octanol–water partition coefficient (Wildman–Crippen LogP) is 1.64. The van der Waals surface area contributed by atoms with E-state index in [0.29, 0.717) is 19.4 Å². The minimum atomic E-state index is -3.58. The lowest BCUT2D eigenvalue weighted by molar-refractivity contribution is -0.146. The first-order chi connectivity index (χ1) is 12.2. The number of piperidine rings is 1. The zero-order valence-corrected chi connectivity index (χ0v) is 16.3. The number of hydrogen-bond donors (Lipinski definition) is 1. The number of benzene rings is 1. The summed E-state index contributed by atoms with van der Waals surface area (Å²) < 4.78 is 27.0. The van der Waals surface area contributed by atoms with Crippen molar-refractivity contribution < 1.29 is 23.1 Å². The van der Waals surface area contributed by atoms with E-state index in [2.05, 4.69) is 0 Å². The maximum Gasteiger partial charge on any atom is 0.323 e. The molecule has 0 spiro atoms. The normalized spacial score (nSPS) is 16.4. The van der Waals surface area contributed by atoms with Gasteiger partial charge in [0.15, 0.2) is 0 Å². The molecule has 8 heteroatoms. The van der Waals surface area contributed by atoms with Crippen molar-refractivity contribution in [2.75, 3.05) is 26.2 Å². The molecular formula is C18H26N2O5S. The summed E-state index contributed by atoms with van der Waals surface area (Å²) in [6.07, 6.45) is 0.804. The largest absolute Gasteiger partial charge is 0.480 e. The molecule has 0 unspecified atom stereocenters. The molecule has 7 nitrogen and oxygen atoms in total. The van der Waals surface area contributed by atoms with Crippen LogP contribution in [-0.4, -0.2) is 60.8 Å². The monoisotopic (exact) mass is 382 g/mol. The highest BCUT2D eigenvalue weighted by molar-refractivity contribution is 7.89. The summed E-state index contributed by atoms with van der Waals surface area (Å²) in [5, 5.41) is 8.90. The summed E-state index contributed by atoms with van der Waals surface area (Å²) in [4.78, 5) is 24.9. The standard InChI is InChI=1S/C18H26N2O5S/c1-4-19(12-17(21)22)18(23)15-7-9-20(10-8-15)26(24,25)16-6-5-13(2)14(3)11-16/h5-6,11,15H,4,7-10,12H2,1-3H3,(H,21,22). The average Bonchev–Trinajstić information content (AvgIpc) is 2.61. The van der Waals surface area contributed by atoms with Gasteiger partial charge in [-0.15, -0.1) is 0 Å². The maximum atomic E-state index is 12.8. The van der Waals surface area contributed by atoms with E-state index in [0.717, 1.165) is 11.1 Å². The summed E-state index contributed by atoms with van der Waals surface area (Å²) in [6.45, 7) is 6.07. The van der Waals surface area contributed by atoms with Crippen molar-refractivity contribution >= 4 is 21.9 Å². The van der Waals surface area contributed by atoms with Crippen molar-refractivity contribution in [3.8, 4) is 0 Å². The Balaban J connectivity index is 2.06. The molecule has 0 radical (unpaired) electrons. The fourth-order valence-corrected chi connectivity index (χ4v) is 4.69. The lowest BCUT2D eigenvalue weighted by Crippen LogP contribution is -2.45. The van der Waals surface area contributed by atoms with Gasteiger partial charge in [0.1, 0.15) is 6.54 Å². The molecule has 0 bridgehead atoms. The smallest absolute Gasteiger partial charge is 0.323 e. The van der Waals surface area contributed by atoms with Gasteiger partial charge >= 0.3 is 5.97 Å². The van der Waals surface area contributed by atoms with Crippen molar-refractivity contribution in [1.82, 2.24) is 9.21 Å². The van der Waals surface area contributed by atoms with Crippen LogP contribution in [0.4, 0.5) is 0 Å². The summed E-state index contributed by atoms with van der Waals surface area (Å²) in [7, 11) is -3.58. The van der Waals surface area contributed by atoms with Crippen molar-refractivity contribution in [2.24, 2.45) is 5.92 Å². The molecule has 1 fully saturated rings. The summed E-state index contributed by atoms with van der Waals surface area (Å²) >= 11 is 0. The molecule has 1 amide bonds. The summed E-state index contributed by atoms with van der Waals surface area (Å²) in [6, 6.07) is 5.08. The number of carbonyl (C=O) groups excluding carboxylic acids is 1. The summed E-state index contributed by atoms with van der Waals surface area (Å²) in [5.41, 5.74) is 1.95. The van der Waals surface area contributed by atoms with Gasteiger partial charge in [-0.3, -0.25) is 9.59 Å². The molecule has 144 valence electrons. The van der Waals surface area contributed by atoms with Crippen LogP contribution in [-0.2, 0) is 19.6 Å². The van der Waals surface area contributed by atoms with Gasteiger partial charge in [0, 0.05) is 25.6 Å². The van der Waals surface area contributed by atoms with Crippen molar-refractivity contribution in [3.05, 3.63) is 29.3 Å². The highest BCUT2D eigenvalue weighted by Gasteiger charge is 2.34. The number of likely N-dealkylation sites (N-methyl/N-ethyl adjacent to an activating group) is 1. The van der Waals surface area contributed by atoms with Gasteiger partial charge in [-0.2, -0.15) is 4.31 Å². The van der Waals surface area contributed by atoms with E-state index in [9.17, 15) is 18.0 Å². The first-order valence-electron chi connectivity index (χ1n) is 8.74. The average molecular weight is 382 g/mol. The third-order valence-electron chi connectivity index (χ3n) is 4.94. The molecule has 26 heavy (non-hydrogen) atoms.